The van der Waals surface area contributed by atoms with E-state index in [1.807, 2.05) is 0 Å². The summed E-state index contributed by atoms with van der Waals surface area (Å²) in [5, 5.41) is 0. The van der Waals surface area contributed by atoms with Crippen molar-refractivity contribution in [3.8, 4) is 0 Å². The van der Waals surface area contributed by atoms with Gasteiger partial charge < -0.3 is 0 Å². The fraction of sp³-hybridized carbons (Fsp3) is 1.00. The Labute approximate surface area is 103 Å². The summed E-state index contributed by atoms with van der Waals surface area (Å²) in [4.78, 5) is 0. The molecule has 0 bridgehead atoms. The molecule has 0 saturated heterocycles. The van der Waals surface area contributed by atoms with Gasteiger partial charge in [-0.25, -0.2) is 0 Å². The molecular weight excluding hydrogens is 192 g/mol. The Hall–Kier alpha value is 0. The highest BCUT2D eigenvalue weighted by atomic mass is 14.5. The predicted octanol–water partition coefficient (Wildman–Crippen LogP) is 5.52. The van der Waals surface area contributed by atoms with E-state index in [-0.39, 0.29) is 0 Å². The molecule has 0 nitrogen and oxygen atoms in total. The highest BCUT2D eigenvalue weighted by Crippen LogP contribution is 2.54. The van der Waals surface area contributed by atoms with E-state index < -0.39 is 0 Å². The molecule has 0 radical (unpaired) electrons. The highest BCUT2D eigenvalue weighted by molar-refractivity contribution is 4.95. The molecule has 0 aromatic carbocycles. The van der Waals surface area contributed by atoms with E-state index in [9.17, 15) is 0 Å². The fourth-order valence-electron chi connectivity index (χ4n) is 4.00. The molecule has 1 fully saturated rings. The summed E-state index contributed by atoms with van der Waals surface area (Å²) in [6, 6.07) is 0. The van der Waals surface area contributed by atoms with Gasteiger partial charge in [0, 0.05) is 0 Å². The van der Waals surface area contributed by atoms with Crippen LogP contribution in [0.5, 0.6) is 0 Å². The summed E-state index contributed by atoms with van der Waals surface area (Å²) < 4.78 is 0. The molecule has 0 spiro atoms. The molecule has 0 aliphatic heterocycles. The SMILES string of the molecule is CCCC1CCC(C(C)C)(C(C)C(C)C)C1. The molecule has 0 N–H and O–H groups in total. The van der Waals surface area contributed by atoms with Crippen LogP contribution < -0.4 is 0 Å². The van der Waals surface area contributed by atoms with Crippen molar-refractivity contribution in [1.29, 1.82) is 0 Å². The minimum absolute atomic E-state index is 0.647. The van der Waals surface area contributed by atoms with Crippen LogP contribution in [0.4, 0.5) is 0 Å². The molecule has 1 rings (SSSR count). The first-order valence-corrected chi connectivity index (χ1v) is 7.44. The van der Waals surface area contributed by atoms with Crippen molar-refractivity contribution in [2.75, 3.05) is 0 Å². The lowest BCUT2D eigenvalue weighted by Crippen LogP contribution is -2.34. The molecular formula is C16H32. The Morgan fingerprint density at radius 2 is 1.75 bits per heavy atom. The van der Waals surface area contributed by atoms with Crippen molar-refractivity contribution in [2.45, 2.75) is 73.6 Å². The van der Waals surface area contributed by atoms with Crippen LogP contribution in [0.1, 0.15) is 73.6 Å². The second-order valence-electron chi connectivity index (χ2n) is 6.82. The molecule has 0 amide bonds. The molecule has 1 aliphatic carbocycles. The van der Waals surface area contributed by atoms with Crippen LogP contribution in [0, 0.1) is 29.1 Å². The maximum Gasteiger partial charge on any atom is -0.0244 e. The summed E-state index contributed by atoms with van der Waals surface area (Å²) in [6.45, 7) is 14.5. The van der Waals surface area contributed by atoms with E-state index in [4.69, 9.17) is 0 Å². The lowest BCUT2D eigenvalue weighted by molar-refractivity contribution is 0.0699. The number of hydrogen-bond donors (Lipinski definition) is 0. The quantitative estimate of drug-likeness (QED) is 0.576. The van der Waals surface area contributed by atoms with Crippen LogP contribution in [-0.4, -0.2) is 0 Å². The molecule has 0 aromatic heterocycles. The monoisotopic (exact) mass is 224 g/mol. The maximum atomic E-state index is 2.50. The fourth-order valence-corrected chi connectivity index (χ4v) is 4.00. The van der Waals surface area contributed by atoms with Crippen molar-refractivity contribution in [3.63, 3.8) is 0 Å². The van der Waals surface area contributed by atoms with Crippen molar-refractivity contribution < 1.29 is 0 Å². The first-order chi connectivity index (χ1) is 7.44. The Kier molecular flexibility index (Phi) is 4.88. The van der Waals surface area contributed by atoms with Gasteiger partial charge in [-0.05, 0) is 48.3 Å². The highest BCUT2D eigenvalue weighted by Gasteiger charge is 2.45. The zero-order valence-electron chi connectivity index (χ0n) is 12.3. The average Bonchev–Trinajstić information content (AvgIpc) is 2.62. The van der Waals surface area contributed by atoms with Crippen molar-refractivity contribution in [3.05, 3.63) is 0 Å². The zero-order chi connectivity index (χ0) is 12.3. The second-order valence-corrected chi connectivity index (χ2v) is 6.82. The Morgan fingerprint density at radius 1 is 1.12 bits per heavy atom. The lowest BCUT2D eigenvalue weighted by atomic mass is 9.63. The van der Waals surface area contributed by atoms with Gasteiger partial charge in [0.25, 0.3) is 0 Å². The summed E-state index contributed by atoms with van der Waals surface area (Å²) >= 11 is 0. The maximum absolute atomic E-state index is 2.50. The van der Waals surface area contributed by atoms with Crippen LogP contribution in [0.3, 0.4) is 0 Å². The number of rotatable bonds is 5. The van der Waals surface area contributed by atoms with E-state index >= 15 is 0 Å². The average molecular weight is 224 g/mol. The molecule has 0 heterocycles. The van der Waals surface area contributed by atoms with Crippen LogP contribution >= 0.6 is 0 Å². The molecule has 0 heteroatoms. The Bertz CT molecular complexity index is 204. The number of hydrogen-bond acceptors (Lipinski definition) is 0. The van der Waals surface area contributed by atoms with Gasteiger partial charge in [-0.2, -0.15) is 0 Å². The largest absolute Gasteiger partial charge is 0.0654 e. The van der Waals surface area contributed by atoms with E-state index in [2.05, 4.69) is 41.5 Å². The molecule has 1 saturated carbocycles. The minimum atomic E-state index is 0.647. The minimum Gasteiger partial charge on any atom is -0.0654 e. The van der Waals surface area contributed by atoms with Gasteiger partial charge in [0.05, 0.1) is 0 Å². The third-order valence-electron chi connectivity index (χ3n) is 5.44. The standard InChI is InChI=1S/C16H32/c1-7-8-15-9-10-16(11-15,13(4)5)14(6)12(2)3/h12-15H,7-11H2,1-6H3. The first-order valence-electron chi connectivity index (χ1n) is 7.44. The van der Waals surface area contributed by atoms with E-state index in [0.717, 1.165) is 23.7 Å². The van der Waals surface area contributed by atoms with Crippen LogP contribution in [0.15, 0.2) is 0 Å². The van der Waals surface area contributed by atoms with Crippen LogP contribution in [-0.2, 0) is 0 Å². The van der Waals surface area contributed by atoms with Crippen LogP contribution in [0.2, 0.25) is 0 Å². The molecule has 3 unspecified atom stereocenters. The summed E-state index contributed by atoms with van der Waals surface area (Å²) in [6.07, 6.45) is 7.30. The molecule has 0 aromatic rings. The van der Waals surface area contributed by atoms with E-state index in [0.29, 0.717) is 5.41 Å². The second kappa shape index (κ2) is 5.56. The van der Waals surface area contributed by atoms with Gasteiger partial charge in [0.15, 0.2) is 0 Å². The van der Waals surface area contributed by atoms with Crippen LogP contribution in [0.25, 0.3) is 0 Å². The van der Waals surface area contributed by atoms with Gasteiger partial charge >= 0.3 is 0 Å². The lowest BCUT2D eigenvalue weighted by Gasteiger charge is -2.42. The van der Waals surface area contributed by atoms with Gasteiger partial charge in [0.2, 0.25) is 0 Å². The molecule has 16 heavy (non-hydrogen) atoms. The summed E-state index contributed by atoms with van der Waals surface area (Å²) in [7, 11) is 0. The molecule has 96 valence electrons. The Morgan fingerprint density at radius 3 is 2.19 bits per heavy atom. The normalized spacial score (nSPS) is 32.6. The van der Waals surface area contributed by atoms with Gasteiger partial charge in [-0.15, -0.1) is 0 Å². The molecule has 1 aliphatic rings. The zero-order valence-corrected chi connectivity index (χ0v) is 12.3. The van der Waals surface area contributed by atoms with Gasteiger partial charge in [-0.1, -0.05) is 54.4 Å². The molecule has 3 atom stereocenters. The third kappa shape index (κ3) is 2.63. The predicted molar refractivity (Wildman–Crippen MR) is 73.5 cm³/mol. The summed E-state index contributed by atoms with van der Waals surface area (Å²) in [5.74, 6) is 3.59. The van der Waals surface area contributed by atoms with Crippen molar-refractivity contribution >= 4 is 0 Å². The summed E-state index contributed by atoms with van der Waals surface area (Å²) in [5.41, 5.74) is 0.647. The third-order valence-corrected chi connectivity index (χ3v) is 5.44. The van der Waals surface area contributed by atoms with Gasteiger partial charge in [-0.3, -0.25) is 0 Å². The topological polar surface area (TPSA) is 0 Å². The first kappa shape index (κ1) is 14.1. The van der Waals surface area contributed by atoms with E-state index in [1.165, 1.54) is 32.1 Å². The van der Waals surface area contributed by atoms with E-state index in [1.54, 1.807) is 0 Å². The van der Waals surface area contributed by atoms with Crippen molar-refractivity contribution in [1.82, 2.24) is 0 Å². The van der Waals surface area contributed by atoms with Crippen molar-refractivity contribution in [2.24, 2.45) is 29.1 Å². The Balaban J connectivity index is 2.76. The van der Waals surface area contributed by atoms with Gasteiger partial charge in [0.1, 0.15) is 0 Å². The smallest absolute Gasteiger partial charge is 0.0244 e.